The summed E-state index contributed by atoms with van der Waals surface area (Å²) in [5.41, 5.74) is 16.0. The van der Waals surface area contributed by atoms with Crippen LogP contribution in [0.25, 0.3) is 0 Å². The summed E-state index contributed by atoms with van der Waals surface area (Å²) in [6, 6.07) is 26.8. The first-order chi connectivity index (χ1) is 28.4. The smallest absolute Gasteiger partial charge is 0.242 e. The quantitative estimate of drug-likeness (QED) is 0.0452. The van der Waals surface area contributed by atoms with Crippen LogP contribution in [-0.2, 0) is 0 Å². The molecule has 2 N–H and O–H groups in total. The Labute approximate surface area is 392 Å². The van der Waals surface area contributed by atoms with Crippen LogP contribution < -0.4 is 35.4 Å². The topological polar surface area (TPSA) is 30.1 Å². The lowest BCUT2D eigenvalue weighted by Crippen LogP contribution is -3.00. The van der Waals surface area contributed by atoms with E-state index >= 15 is 0 Å². The van der Waals surface area contributed by atoms with Crippen molar-refractivity contribution >= 4 is 35.4 Å². The Hall–Kier alpha value is -4.12. The summed E-state index contributed by atoms with van der Waals surface area (Å²) in [4.78, 5) is 0. The fraction of sp³-hybridized carbons (Fsp3) is 0.464. The summed E-state index contributed by atoms with van der Waals surface area (Å²) in [5.74, 6) is 3.65. The van der Waals surface area contributed by atoms with E-state index < -0.39 is 0 Å². The molecule has 0 atom stereocenters. The van der Waals surface area contributed by atoms with Crippen LogP contribution in [0.1, 0.15) is 203 Å². The SMILES string of the molecule is C=CC[N+](=CNc1c(C(C)C)cccc1C(C)C)c1c(C(C)C)cccc1C(C)C.C=CC[N+](=CNc1c(C(C)C)cccc1C(C)C)c1c(C(C)C)cccc1C(C)C.[Cl-].[Cl-]. The van der Waals surface area contributed by atoms with Gasteiger partial charge in [0.15, 0.2) is 0 Å². The zero-order chi connectivity index (χ0) is 44.8. The number of hydrogen-bond donors (Lipinski definition) is 2. The fourth-order valence-electron chi connectivity index (χ4n) is 8.10. The molecule has 0 amide bonds. The molecule has 0 aliphatic rings. The van der Waals surface area contributed by atoms with Crippen molar-refractivity contribution < 1.29 is 34.0 Å². The van der Waals surface area contributed by atoms with Gasteiger partial charge in [0.1, 0.15) is 35.8 Å². The maximum atomic E-state index is 4.03. The normalized spacial score (nSPS) is 11.9. The highest BCUT2D eigenvalue weighted by molar-refractivity contribution is 5.79. The molecule has 4 rings (SSSR count). The largest absolute Gasteiger partial charge is 1.00 e. The number of rotatable bonds is 18. The van der Waals surface area contributed by atoms with Crippen LogP contribution in [-0.4, -0.2) is 34.9 Å². The molecular weight excluding hydrogens is 800 g/mol. The molecule has 0 aromatic heterocycles. The molecule has 0 bridgehead atoms. The van der Waals surface area contributed by atoms with E-state index in [4.69, 9.17) is 0 Å². The second kappa shape index (κ2) is 26.5. The molecule has 4 aromatic carbocycles. The minimum atomic E-state index is 0. The average molecular weight is 882 g/mol. The van der Waals surface area contributed by atoms with Crippen LogP contribution in [0.4, 0.5) is 22.7 Å². The van der Waals surface area contributed by atoms with E-state index in [1.165, 1.54) is 67.3 Å². The molecular formula is C56H82Cl2N4. The molecule has 0 unspecified atom stereocenters. The predicted octanol–water partition coefficient (Wildman–Crippen LogP) is 10.3. The fourth-order valence-corrected chi connectivity index (χ4v) is 8.10. The van der Waals surface area contributed by atoms with Gasteiger partial charge in [-0.1, -0.05) is 209 Å². The second-order valence-electron chi connectivity index (χ2n) is 18.9. The van der Waals surface area contributed by atoms with Gasteiger partial charge in [-0.2, -0.15) is 0 Å². The van der Waals surface area contributed by atoms with Crippen LogP contribution >= 0.6 is 0 Å². The zero-order valence-corrected chi connectivity index (χ0v) is 42.8. The van der Waals surface area contributed by atoms with Crippen molar-refractivity contribution in [2.45, 2.75) is 158 Å². The lowest BCUT2D eigenvalue weighted by molar-refractivity contribution is -0.425. The van der Waals surface area contributed by atoms with Crippen molar-refractivity contribution in [3.05, 3.63) is 143 Å². The lowest BCUT2D eigenvalue weighted by atomic mass is 9.92. The maximum absolute atomic E-state index is 4.03. The van der Waals surface area contributed by atoms with E-state index in [0.29, 0.717) is 47.3 Å². The van der Waals surface area contributed by atoms with Gasteiger partial charge in [-0.25, -0.2) is 19.8 Å². The van der Waals surface area contributed by atoms with Crippen LogP contribution in [0, 0.1) is 0 Å². The molecule has 0 saturated heterocycles. The van der Waals surface area contributed by atoms with Gasteiger partial charge in [-0.3, -0.25) is 0 Å². The number of hydrogen-bond acceptors (Lipinski definition) is 0. The molecule has 4 nitrogen and oxygen atoms in total. The summed E-state index contributed by atoms with van der Waals surface area (Å²) in [7, 11) is 0. The Morgan fingerprint density at radius 1 is 0.371 bits per heavy atom. The van der Waals surface area contributed by atoms with Crippen LogP contribution in [0.15, 0.2) is 98.1 Å². The van der Waals surface area contributed by atoms with Crippen molar-refractivity contribution in [2.75, 3.05) is 23.7 Å². The summed E-state index contributed by atoms with van der Waals surface area (Å²) >= 11 is 0. The van der Waals surface area contributed by atoms with Crippen molar-refractivity contribution in [3.8, 4) is 0 Å². The van der Waals surface area contributed by atoms with E-state index in [0.717, 1.165) is 13.1 Å². The molecule has 0 radical (unpaired) electrons. The monoisotopic (exact) mass is 881 g/mol. The minimum absolute atomic E-state index is 0. The number of para-hydroxylation sites is 4. The highest BCUT2D eigenvalue weighted by Gasteiger charge is 2.23. The second-order valence-corrected chi connectivity index (χ2v) is 18.9. The van der Waals surface area contributed by atoms with Gasteiger partial charge < -0.3 is 24.8 Å². The highest BCUT2D eigenvalue weighted by Crippen LogP contribution is 2.37. The van der Waals surface area contributed by atoms with Gasteiger partial charge in [0, 0.05) is 44.5 Å². The van der Waals surface area contributed by atoms with Crippen molar-refractivity contribution in [3.63, 3.8) is 0 Å². The summed E-state index contributed by atoms with van der Waals surface area (Å²) in [6.07, 6.45) is 8.28. The van der Waals surface area contributed by atoms with Crippen LogP contribution in [0.5, 0.6) is 0 Å². The number of nitrogens with one attached hydrogen (secondary N) is 2. The molecule has 62 heavy (non-hydrogen) atoms. The molecule has 0 aliphatic carbocycles. The standard InChI is InChI=1S/2C28H40N2.2ClH/c2*1-10-17-30(28-25(21(6)7)15-12-16-26(28)22(8)9)18-29-27-23(19(2)3)13-11-14-24(27)20(4)5;;/h2*10-16,18-22H,1,17H2,2-9H3;2*1H. The Balaban J connectivity index is 0.000000601. The Morgan fingerprint density at radius 3 is 0.742 bits per heavy atom. The molecule has 0 saturated carbocycles. The van der Waals surface area contributed by atoms with Gasteiger partial charge >= 0.3 is 0 Å². The van der Waals surface area contributed by atoms with Crippen LogP contribution in [0.2, 0.25) is 0 Å². The highest BCUT2D eigenvalue weighted by atomic mass is 35.5. The predicted molar refractivity (Wildman–Crippen MR) is 268 cm³/mol. The Morgan fingerprint density at radius 2 is 0.565 bits per heavy atom. The van der Waals surface area contributed by atoms with Crippen molar-refractivity contribution in [1.29, 1.82) is 0 Å². The van der Waals surface area contributed by atoms with Crippen LogP contribution in [0.3, 0.4) is 0 Å². The zero-order valence-electron chi connectivity index (χ0n) is 41.3. The molecule has 0 aliphatic heterocycles. The third-order valence-electron chi connectivity index (χ3n) is 11.4. The molecule has 340 valence electrons. The van der Waals surface area contributed by atoms with Gasteiger partial charge in [-0.15, -0.1) is 0 Å². The maximum Gasteiger partial charge on any atom is 0.242 e. The molecule has 0 fully saturated rings. The first-order valence-corrected chi connectivity index (χ1v) is 22.8. The van der Waals surface area contributed by atoms with Crippen molar-refractivity contribution in [1.82, 2.24) is 0 Å². The molecule has 0 heterocycles. The molecule has 4 aromatic rings. The van der Waals surface area contributed by atoms with Gasteiger partial charge in [0.2, 0.25) is 12.7 Å². The lowest BCUT2D eigenvalue weighted by Gasteiger charge is -2.20. The van der Waals surface area contributed by atoms with E-state index in [-0.39, 0.29) is 24.8 Å². The van der Waals surface area contributed by atoms with E-state index in [1.54, 1.807) is 0 Å². The molecule has 6 heteroatoms. The number of halogens is 2. The van der Waals surface area contributed by atoms with Gasteiger partial charge in [-0.05, 0) is 47.3 Å². The van der Waals surface area contributed by atoms with Gasteiger partial charge in [0.05, 0.1) is 0 Å². The number of nitrogens with zero attached hydrogens (tertiary/aromatic N) is 2. The number of anilines is 2. The summed E-state index contributed by atoms with van der Waals surface area (Å²) < 4.78 is 4.66. The third-order valence-corrected chi connectivity index (χ3v) is 11.4. The Kier molecular flexibility index (Phi) is 23.9. The van der Waals surface area contributed by atoms with E-state index in [9.17, 15) is 0 Å². The first-order valence-electron chi connectivity index (χ1n) is 22.8. The average Bonchev–Trinajstić information content (AvgIpc) is 3.20. The summed E-state index contributed by atoms with van der Waals surface area (Å²) in [5, 5.41) is 7.43. The van der Waals surface area contributed by atoms with Crippen molar-refractivity contribution in [2.24, 2.45) is 0 Å². The van der Waals surface area contributed by atoms with Gasteiger partial charge in [0.25, 0.3) is 0 Å². The molecule has 0 spiro atoms. The summed E-state index contributed by atoms with van der Waals surface area (Å²) in [6.45, 7) is 45.8. The number of benzene rings is 4. The third kappa shape index (κ3) is 14.5. The first kappa shape index (κ1) is 55.9. The minimum Gasteiger partial charge on any atom is -1.00 e. The Bertz CT molecular complexity index is 1830. The van der Waals surface area contributed by atoms with E-state index in [2.05, 4.69) is 229 Å². The van der Waals surface area contributed by atoms with E-state index in [1.807, 2.05) is 12.2 Å².